The molecular weight excluding hydrogens is 436 g/mol. The average Bonchev–Trinajstić information content (AvgIpc) is 3.50. The van der Waals surface area contributed by atoms with Crippen LogP contribution in [-0.2, 0) is 11.2 Å². The molecule has 2 aliphatic heterocycles. The normalized spacial score (nSPS) is 28.1. The smallest absolute Gasteiger partial charge is 0.325 e. The van der Waals surface area contributed by atoms with Gasteiger partial charge >= 0.3 is 6.03 Å². The predicted octanol–water partition coefficient (Wildman–Crippen LogP) is 4.26. The second-order valence-electron chi connectivity index (χ2n) is 10.2. The van der Waals surface area contributed by atoms with Crippen LogP contribution in [0.1, 0.15) is 55.3 Å². The van der Waals surface area contributed by atoms with Crippen molar-refractivity contribution in [2.45, 2.75) is 62.7 Å². The molecule has 2 unspecified atom stereocenters. The molecule has 2 heterocycles. The molecular formula is C29H34N4O2. The van der Waals surface area contributed by atoms with Crippen LogP contribution in [0.25, 0.3) is 0 Å². The first-order valence-electron chi connectivity index (χ1n) is 12.5. The van der Waals surface area contributed by atoms with Crippen LogP contribution >= 0.6 is 0 Å². The molecule has 35 heavy (non-hydrogen) atoms. The molecule has 5 atom stereocenters. The highest BCUT2D eigenvalue weighted by atomic mass is 16.2. The van der Waals surface area contributed by atoms with Crippen LogP contribution in [0.15, 0.2) is 79.0 Å². The topological polar surface area (TPSA) is 78.7 Å². The largest absolute Gasteiger partial charge is 0.347 e. The molecule has 0 saturated carbocycles. The fourth-order valence-electron chi connectivity index (χ4n) is 5.64. The van der Waals surface area contributed by atoms with Crippen LogP contribution in [0.5, 0.6) is 0 Å². The van der Waals surface area contributed by atoms with Gasteiger partial charge in [-0.15, -0.1) is 0 Å². The van der Waals surface area contributed by atoms with E-state index in [0.717, 1.165) is 18.4 Å². The number of amides is 3. The fourth-order valence-corrected chi connectivity index (χ4v) is 5.64. The van der Waals surface area contributed by atoms with Crippen molar-refractivity contribution in [3.05, 3.63) is 95.7 Å². The maximum absolute atomic E-state index is 14.0. The number of nitrogens with one attached hydrogen (secondary N) is 1. The number of hydrogen-bond donors (Lipinski definition) is 2. The van der Waals surface area contributed by atoms with E-state index in [0.29, 0.717) is 13.0 Å². The zero-order chi connectivity index (χ0) is 24.6. The lowest BCUT2D eigenvalue weighted by atomic mass is 9.90. The van der Waals surface area contributed by atoms with Gasteiger partial charge in [0.1, 0.15) is 6.04 Å². The average molecular weight is 471 g/mol. The van der Waals surface area contributed by atoms with Gasteiger partial charge in [0.05, 0.1) is 11.6 Å². The first kappa shape index (κ1) is 23.4. The summed E-state index contributed by atoms with van der Waals surface area (Å²) < 4.78 is 0. The van der Waals surface area contributed by atoms with E-state index in [2.05, 4.69) is 29.6 Å². The second-order valence-corrected chi connectivity index (χ2v) is 10.2. The van der Waals surface area contributed by atoms with Crippen molar-refractivity contribution in [3.8, 4) is 0 Å². The molecule has 2 aromatic carbocycles. The number of carbonyl (C=O) groups excluding carboxylic acids is 2. The van der Waals surface area contributed by atoms with Crippen LogP contribution in [-0.4, -0.2) is 45.9 Å². The number of hydrogen-bond acceptors (Lipinski definition) is 3. The van der Waals surface area contributed by atoms with E-state index in [-0.39, 0.29) is 29.9 Å². The first-order chi connectivity index (χ1) is 16.9. The highest BCUT2D eigenvalue weighted by Crippen LogP contribution is 2.36. The number of aryl methyl sites for hydroxylation is 1. The lowest BCUT2D eigenvalue weighted by molar-refractivity contribution is -0.125. The lowest BCUT2D eigenvalue weighted by Crippen LogP contribution is -2.60. The molecule has 3 amide bonds. The van der Waals surface area contributed by atoms with E-state index < -0.39 is 11.6 Å². The Morgan fingerprint density at radius 2 is 1.83 bits per heavy atom. The standard InChI is InChI=1S/C29H34N4O2/c1-20(30)29(2)16-8-9-17-33(29)28(35)32-19-23(21-10-4-3-5-11-21)18-26(32)27(34)31-25-15-14-22-12-6-7-13-24(22)25/h3-13,16-17,20,23,25-26H,14-15,18-19,30H2,1-2H3,(H,31,34)/t20?,23-,25+,26-,29?/m0/s1. The molecule has 182 valence electrons. The summed E-state index contributed by atoms with van der Waals surface area (Å²) in [6.07, 6.45) is 9.95. The predicted molar refractivity (Wildman–Crippen MR) is 138 cm³/mol. The van der Waals surface area contributed by atoms with E-state index >= 15 is 0 Å². The third kappa shape index (κ3) is 4.27. The van der Waals surface area contributed by atoms with E-state index in [9.17, 15) is 9.59 Å². The monoisotopic (exact) mass is 470 g/mol. The molecule has 2 aromatic rings. The van der Waals surface area contributed by atoms with Crippen LogP contribution in [0, 0.1) is 0 Å². The van der Waals surface area contributed by atoms with Gasteiger partial charge < -0.3 is 16.0 Å². The van der Waals surface area contributed by atoms with Crippen molar-refractivity contribution < 1.29 is 9.59 Å². The molecule has 1 saturated heterocycles. The van der Waals surface area contributed by atoms with Crippen molar-refractivity contribution >= 4 is 11.9 Å². The molecule has 3 N–H and O–H groups in total. The van der Waals surface area contributed by atoms with E-state index in [4.69, 9.17) is 5.73 Å². The fraction of sp³-hybridized carbons (Fsp3) is 0.379. The highest BCUT2D eigenvalue weighted by molar-refractivity contribution is 5.89. The number of benzene rings is 2. The summed E-state index contributed by atoms with van der Waals surface area (Å²) in [6.45, 7) is 4.36. The molecule has 0 aromatic heterocycles. The van der Waals surface area contributed by atoms with Crippen molar-refractivity contribution in [3.63, 3.8) is 0 Å². The van der Waals surface area contributed by atoms with Gasteiger partial charge in [0.2, 0.25) is 5.91 Å². The summed E-state index contributed by atoms with van der Waals surface area (Å²) in [5, 5.41) is 3.27. The number of nitrogens with two attached hydrogens (primary N) is 1. The van der Waals surface area contributed by atoms with Gasteiger partial charge in [-0.05, 0) is 55.9 Å². The first-order valence-corrected chi connectivity index (χ1v) is 12.5. The number of nitrogens with zero attached hydrogens (tertiary/aromatic N) is 2. The number of fused-ring (bicyclic) bond motifs is 1. The molecule has 5 rings (SSSR count). The molecule has 0 bridgehead atoms. The van der Waals surface area contributed by atoms with Crippen LogP contribution in [0.3, 0.4) is 0 Å². The Morgan fingerprint density at radius 1 is 1.09 bits per heavy atom. The Balaban J connectivity index is 1.42. The summed E-state index contributed by atoms with van der Waals surface area (Å²) in [6, 6.07) is 17.4. The van der Waals surface area contributed by atoms with Gasteiger partial charge in [-0.25, -0.2) is 4.79 Å². The molecule has 0 radical (unpaired) electrons. The van der Waals surface area contributed by atoms with Crippen molar-refractivity contribution in [1.82, 2.24) is 15.1 Å². The SMILES string of the molecule is CC(N)C1(C)C=CC=CN1C(=O)N1C[C@@H](c2ccccc2)C[C@H]1C(=O)N[C@@H]1CCc2ccccc21. The van der Waals surface area contributed by atoms with Crippen LogP contribution in [0.4, 0.5) is 4.79 Å². The van der Waals surface area contributed by atoms with Crippen molar-refractivity contribution in [2.24, 2.45) is 5.73 Å². The quantitative estimate of drug-likeness (QED) is 0.701. The van der Waals surface area contributed by atoms with Crippen molar-refractivity contribution in [2.75, 3.05) is 6.54 Å². The Hall–Kier alpha value is -3.38. The third-order valence-electron chi connectivity index (χ3n) is 8.00. The summed E-state index contributed by atoms with van der Waals surface area (Å²) in [5.41, 5.74) is 9.28. The number of likely N-dealkylation sites (tertiary alicyclic amines) is 1. The van der Waals surface area contributed by atoms with E-state index in [1.165, 1.54) is 11.1 Å². The van der Waals surface area contributed by atoms with Gasteiger partial charge in [0.25, 0.3) is 0 Å². The Bertz CT molecular complexity index is 1160. The zero-order valence-electron chi connectivity index (χ0n) is 20.4. The minimum Gasteiger partial charge on any atom is -0.347 e. The molecule has 0 spiro atoms. The van der Waals surface area contributed by atoms with Gasteiger partial charge in [0, 0.05) is 24.7 Å². The summed E-state index contributed by atoms with van der Waals surface area (Å²) >= 11 is 0. The Morgan fingerprint density at radius 3 is 2.60 bits per heavy atom. The van der Waals surface area contributed by atoms with Gasteiger partial charge in [-0.3, -0.25) is 9.69 Å². The second kappa shape index (κ2) is 9.34. The Kier molecular flexibility index (Phi) is 6.24. The maximum Gasteiger partial charge on any atom is 0.325 e. The van der Waals surface area contributed by atoms with Crippen LogP contribution < -0.4 is 11.1 Å². The maximum atomic E-state index is 14.0. The highest BCUT2D eigenvalue weighted by Gasteiger charge is 2.46. The van der Waals surface area contributed by atoms with Crippen molar-refractivity contribution in [1.29, 1.82) is 0 Å². The zero-order valence-corrected chi connectivity index (χ0v) is 20.4. The number of carbonyl (C=O) groups is 2. The number of urea groups is 1. The molecule has 6 heteroatoms. The number of rotatable bonds is 4. The molecule has 1 aliphatic carbocycles. The van der Waals surface area contributed by atoms with E-state index in [1.807, 2.05) is 62.4 Å². The van der Waals surface area contributed by atoms with Crippen LogP contribution in [0.2, 0.25) is 0 Å². The molecule has 1 fully saturated rings. The Labute approximate surface area is 207 Å². The minimum atomic E-state index is -0.665. The third-order valence-corrected chi connectivity index (χ3v) is 8.00. The summed E-state index contributed by atoms with van der Waals surface area (Å²) in [7, 11) is 0. The molecule has 6 nitrogen and oxygen atoms in total. The minimum absolute atomic E-state index is 0.0152. The van der Waals surface area contributed by atoms with Gasteiger partial charge in [-0.1, -0.05) is 66.7 Å². The summed E-state index contributed by atoms with van der Waals surface area (Å²) in [4.78, 5) is 31.1. The van der Waals surface area contributed by atoms with Gasteiger partial charge in [-0.2, -0.15) is 0 Å². The molecule has 3 aliphatic rings. The van der Waals surface area contributed by atoms with Gasteiger partial charge in [0.15, 0.2) is 0 Å². The lowest BCUT2D eigenvalue weighted by Gasteiger charge is -2.43. The summed E-state index contributed by atoms with van der Waals surface area (Å²) in [5.74, 6) is 0.00940. The number of allylic oxidation sites excluding steroid dienone is 2. The van der Waals surface area contributed by atoms with E-state index in [1.54, 1.807) is 16.0 Å².